The largest absolute Gasteiger partial charge is 0.524 e. The van der Waals surface area contributed by atoms with Crippen molar-refractivity contribution >= 4 is 49.3 Å². The lowest BCUT2D eigenvalue weighted by Crippen LogP contribution is -2.59. The number of phosphoric ester groups is 1. The summed E-state index contributed by atoms with van der Waals surface area (Å²) < 4.78 is 15.6. The fourth-order valence-electron chi connectivity index (χ4n) is 4.26. The van der Waals surface area contributed by atoms with Gasteiger partial charge in [0.15, 0.2) is 0 Å². The first-order chi connectivity index (χ1) is 23.3. The van der Waals surface area contributed by atoms with Gasteiger partial charge in [-0.15, -0.1) is 0 Å². The maximum atomic E-state index is 13.4. The highest BCUT2D eigenvalue weighted by atomic mass is 31.2. The first-order valence-corrected chi connectivity index (χ1v) is 17.0. The van der Waals surface area contributed by atoms with E-state index in [1.54, 1.807) is 0 Å². The number of phosphoric acid groups is 1. The lowest BCUT2D eigenvalue weighted by molar-refractivity contribution is -0.142. The van der Waals surface area contributed by atoms with Gasteiger partial charge in [-0.05, 0) is 37.5 Å². The Bertz CT molecular complexity index is 1410. The van der Waals surface area contributed by atoms with E-state index in [2.05, 4.69) is 31.1 Å². The van der Waals surface area contributed by atoms with Crippen molar-refractivity contribution in [1.82, 2.24) is 26.6 Å². The quantitative estimate of drug-likeness (QED) is 0.0555. The summed E-state index contributed by atoms with van der Waals surface area (Å²) in [5.41, 5.74) is 5.92. The number of benzene rings is 1. The number of amides is 5. The Balaban J connectivity index is 3.16. The zero-order chi connectivity index (χ0) is 38.2. The number of carbonyl (C=O) groups is 7. The summed E-state index contributed by atoms with van der Waals surface area (Å²) in [6.45, 7) is 3.67. The number of hydrogen-bond acceptors (Lipinski definition) is 11. The number of nitrogens with one attached hydrogen (secondary N) is 5. The van der Waals surface area contributed by atoms with E-state index in [4.69, 9.17) is 20.6 Å². The molecule has 5 amide bonds. The summed E-state index contributed by atoms with van der Waals surface area (Å²) in [6.07, 6.45) is 0.271. The number of aliphatic carboxylic acids is 2. The van der Waals surface area contributed by atoms with Gasteiger partial charge in [-0.2, -0.15) is 0 Å². The van der Waals surface area contributed by atoms with Crippen LogP contribution in [0.25, 0.3) is 0 Å². The molecule has 0 aliphatic rings. The fourth-order valence-corrected chi connectivity index (χ4v) is 4.66. The molecule has 0 heterocycles. The average Bonchev–Trinajstić information content (AvgIpc) is 3.03. The first kappa shape index (κ1) is 43.4. The van der Waals surface area contributed by atoms with Gasteiger partial charge in [-0.25, -0.2) is 9.36 Å². The monoisotopic (exact) mass is 732 g/mol. The number of rotatable bonds is 22. The normalized spacial score (nSPS) is 14.8. The van der Waals surface area contributed by atoms with Gasteiger partial charge < -0.3 is 52.2 Å². The molecule has 20 nitrogen and oxygen atoms in total. The van der Waals surface area contributed by atoms with E-state index >= 15 is 0 Å². The number of carbonyl (C=O) groups excluding carboxylic acids is 5. The predicted octanol–water partition coefficient (Wildman–Crippen LogP) is -2.38. The van der Waals surface area contributed by atoms with Crippen molar-refractivity contribution in [2.45, 2.75) is 95.5 Å². The molecular formula is C29H45N6O14P. The van der Waals surface area contributed by atoms with E-state index in [1.807, 2.05) is 6.92 Å². The zero-order valence-corrected chi connectivity index (χ0v) is 28.6. The molecule has 6 atom stereocenters. The van der Waals surface area contributed by atoms with Crippen LogP contribution >= 0.6 is 7.82 Å². The third kappa shape index (κ3) is 15.7. The van der Waals surface area contributed by atoms with Crippen molar-refractivity contribution in [3.8, 4) is 5.75 Å². The minimum Gasteiger partial charge on any atom is -0.481 e. The van der Waals surface area contributed by atoms with Crippen LogP contribution in [0.5, 0.6) is 5.75 Å². The van der Waals surface area contributed by atoms with Gasteiger partial charge in [0.2, 0.25) is 29.5 Å². The number of carboxylic acid groups (broad SMARTS) is 2. The Morgan fingerprint density at radius 3 is 1.80 bits per heavy atom. The summed E-state index contributed by atoms with van der Waals surface area (Å²) in [4.78, 5) is 105. The van der Waals surface area contributed by atoms with Crippen LogP contribution in [0.3, 0.4) is 0 Å². The molecule has 1 aromatic rings. The van der Waals surface area contributed by atoms with Gasteiger partial charge in [0.05, 0.1) is 19.1 Å². The Kier molecular flexibility index (Phi) is 18.0. The Hall–Kier alpha value is -4.62. The zero-order valence-electron chi connectivity index (χ0n) is 27.7. The Morgan fingerprint density at radius 1 is 0.780 bits per heavy atom. The van der Waals surface area contributed by atoms with Crippen LogP contribution in [0.15, 0.2) is 24.3 Å². The second-order valence-corrected chi connectivity index (χ2v) is 12.3. The second-order valence-electron chi connectivity index (χ2n) is 11.2. The number of hydrogen-bond donors (Lipinski definition) is 11. The van der Waals surface area contributed by atoms with E-state index in [0.29, 0.717) is 18.4 Å². The molecule has 12 N–H and O–H groups in total. The number of carboxylic acids is 2. The maximum Gasteiger partial charge on any atom is 0.524 e. The highest BCUT2D eigenvalue weighted by Crippen LogP contribution is 2.37. The molecule has 0 saturated heterocycles. The molecular weight excluding hydrogens is 687 g/mol. The highest BCUT2D eigenvalue weighted by molar-refractivity contribution is 7.46. The highest BCUT2D eigenvalue weighted by Gasteiger charge is 2.31. The van der Waals surface area contributed by atoms with E-state index in [1.165, 1.54) is 38.1 Å². The van der Waals surface area contributed by atoms with Crippen molar-refractivity contribution in [3.63, 3.8) is 0 Å². The summed E-state index contributed by atoms with van der Waals surface area (Å²) in [5.74, 6) is -7.54. The molecule has 0 fully saturated rings. The van der Waals surface area contributed by atoms with Crippen LogP contribution in [0.4, 0.5) is 0 Å². The molecule has 50 heavy (non-hydrogen) atoms. The lowest BCUT2D eigenvalue weighted by atomic mass is 10.0. The molecule has 0 aliphatic heterocycles. The molecule has 280 valence electrons. The fraction of sp³-hybridized carbons (Fsp3) is 0.552. The van der Waals surface area contributed by atoms with Crippen LogP contribution < -0.4 is 36.8 Å². The second kappa shape index (κ2) is 20.8. The molecule has 0 saturated carbocycles. The third-order valence-electron chi connectivity index (χ3n) is 7.02. The van der Waals surface area contributed by atoms with Crippen molar-refractivity contribution in [3.05, 3.63) is 29.8 Å². The maximum absolute atomic E-state index is 13.4. The molecule has 0 aliphatic carbocycles. The number of nitrogens with two attached hydrogens (primary N) is 1. The van der Waals surface area contributed by atoms with Crippen LogP contribution in [0.2, 0.25) is 0 Å². The molecule has 0 bridgehead atoms. The van der Waals surface area contributed by atoms with Crippen LogP contribution in [-0.4, -0.2) is 109 Å². The Labute approximate surface area is 287 Å². The minimum atomic E-state index is -4.87. The van der Waals surface area contributed by atoms with Crippen LogP contribution in [-0.2, 0) is 44.5 Å². The third-order valence-corrected chi connectivity index (χ3v) is 7.47. The minimum absolute atomic E-state index is 0.00921. The number of unbranched alkanes of at least 4 members (excludes halogenated alkanes) is 1. The summed E-state index contributed by atoms with van der Waals surface area (Å²) >= 11 is 0. The van der Waals surface area contributed by atoms with Crippen molar-refractivity contribution in [2.75, 3.05) is 6.61 Å². The van der Waals surface area contributed by atoms with E-state index in [9.17, 15) is 48.3 Å². The number of aliphatic hydroxyl groups excluding tert-OH is 1. The van der Waals surface area contributed by atoms with Gasteiger partial charge in [0.25, 0.3) is 0 Å². The average molecular weight is 733 g/mol. The van der Waals surface area contributed by atoms with Gasteiger partial charge in [0.1, 0.15) is 36.0 Å². The number of aliphatic hydroxyl groups is 1. The molecule has 0 radical (unpaired) electrons. The molecule has 0 unspecified atom stereocenters. The smallest absolute Gasteiger partial charge is 0.481 e. The van der Waals surface area contributed by atoms with Gasteiger partial charge >= 0.3 is 19.8 Å². The molecule has 1 rings (SSSR count). The van der Waals surface area contributed by atoms with Crippen LogP contribution in [0.1, 0.15) is 58.4 Å². The summed E-state index contributed by atoms with van der Waals surface area (Å²) in [7, 11) is -4.87. The molecule has 21 heteroatoms. The van der Waals surface area contributed by atoms with Gasteiger partial charge in [-0.1, -0.05) is 38.8 Å². The SMILES string of the molecule is CCCC[C@H](NC(=O)[C@H](CO)NC(=O)[C@H](C)NC(=O)[C@H](Cc1ccc(OP(=O)(O)O)cc1)NC(=O)[C@H](CC)NC(=O)[C@@H](N)CC(=O)O)C(=O)O. The first-order valence-electron chi connectivity index (χ1n) is 15.5. The van der Waals surface area contributed by atoms with E-state index in [-0.39, 0.29) is 25.0 Å². The topological polar surface area (TPSA) is 333 Å². The van der Waals surface area contributed by atoms with Crippen molar-refractivity contribution in [2.24, 2.45) is 5.73 Å². The predicted molar refractivity (Wildman–Crippen MR) is 173 cm³/mol. The van der Waals surface area contributed by atoms with Crippen molar-refractivity contribution in [1.29, 1.82) is 0 Å². The van der Waals surface area contributed by atoms with Crippen molar-refractivity contribution < 1.29 is 67.8 Å². The molecule has 0 spiro atoms. The molecule has 1 aromatic carbocycles. The Morgan fingerprint density at radius 2 is 1.30 bits per heavy atom. The van der Waals surface area contributed by atoms with Gasteiger partial charge in [0, 0.05) is 6.42 Å². The lowest BCUT2D eigenvalue weighted by Gasteiger charge is -2.25. The molecule has 0 aromatic heterocycles. The summed E-state index contributed by atoms with van der Waals surface area (Å²) in [6, 6.07) is -3.35. The van der Waals surface area contributed by atoms with Crippen LogP contribution in [0, 0.1) is 0 Å². The standard InChI is InChI=1S/C29H45N6O14P/c1-4-6-7-20(29(44)45)33-28(43)22(14-36)35-24(39)15(3)31-27(42)21(12-16-8-10-17(11-9-16)49-50(46,47)48)34-26(41)19(5-2)32-25(40)18(30)13-23(37)38/h8-11,15,18-22,36H,4-7,12-14,30H2,1-3H3,(H,31,42)(H,32,40)(H,33,43)(H,34,41)(H,35,39)(H,37,38)(H,44,45)(H2,46,47,48)/t15-,18-,19-,20-,21-,22-/m0/s1. The van der Waals surface area contributed by atoms with E-state index in [0.717, 1.165) is 0 Å². The summed E-state index contributed by atoms with van der Waals surface area (Å²) in [5, 5.41) is 39.6. The van der Waals surface area contributed by atoms with E-state index < -0.39 is 98.6 Å². The van der Waals surface area contributed by atoms with Gasteiger partial charge in [-0.3, -0.25) is 38.6 Å².